The van der Waals surface area contributed by atoms with E-state index in [1.807, 2.05) is 6.07 Å². The molecule has 17 heavy (non-hydrogen) atoms. The van der Waals surface area contributed by atoms with Crippen molar-refractivity contribution in [2.75, 3.05) is 19.4 Å². The molecule has 0 bridgehead atoms. The summed E-state index contributed by atoms with van der Waals surface area (Å²) < 4.78 is 16.8. The molecule has 0 saturated heterocycles. The summed E-state index contributed by atoms with van der Waals surface area (Å²) in [7, 11) is 0.611. The van der Waals surface area contributed by atoms with E-state index in [1.54, 1.807) is 18.2 Å². The lowest BCUT2D eigenvalue weighted by atomic mass is 10.1. The quantitative estimate of drug-likeness (QED) is 0.824. The van der Waals surface area contributed by atoms with Gasteiger partial charge in [-0.1, -0.05) is 6.07 Å². The van der Waals surface area contributed by atoms with Crippen molar-refractivity contribution in [3.05, 3.63) is 29.3 Å². The predicted octanol–water partition coefficient (Wildman–Crippen LogP) is 1.16. The number of nitrogens with zero attached hydrogens (tertiary/aromatic N) is 1. The SMILES string of the molecule is COc1cc(CS(=O)CCCN)ccc1C#N. The van der Waals surface area contributed by atoms with Crippen LogP contribution in [0.2, 0.25) is 0 Å². The average molecular weight is 252 g/mol. The minimum Gasteiger partial charge on any atom is -0.495 e. The zero-order valence-corrected chi connectivity index (χ0v) is 10.6. The molecule has 4 nitrogen and oxygen atoms in total. The molecule has 0 saturated carbocycles. The van der Waals surface area contributed by atoms with Crippen LogP contribution in [0.25, 0.3) is 0 Å². The molecule has 0 aliphatic rings. The number of ether oxygens (including phenoxy) is 1. The summed E-state index contributed by atoms with van der Waals surface area (Å²) in [5.41, 5.74) is 6.77. The van der Waals surface area contributed by atoms with E-state index in [9.17, 15) is 4.21 Å². The van der Waals surface area contributed by atoms with Gasteiger partial charge in [0.2, 0.25) is 0 Å². The summed E-state index contributed by atoms with van der Waals surface area (Å²) in [6.45, 7) is 0.558. The molecular weight excluding hydrogens is 236 g/mol. The van der Waals surface area contributed by atoms with Gasteiger partial charge in [0.1, 0.15) is 11.8 Å². The third-order valence-corrected chi connectivity index (χ3v) is 3.69. The van der Waals surface area contributed by atoms with Crippen LogP contribution in [0, 0.1) is 11.3 Å². The first kappa shape index (κ1) is 13.7. The van der Waals surface area contributed by atoms with Gasteiger partial charge in [-0.15, -0.1) is 0 Å². The highest BCUT2D eigenvalue weighted by molar-refractivity contribution is 7.84. The van der Waals surface area contributed by atoms with Crippen LogP contribution in [0.4, 0.5) is 0 Å². The van der Waals surface area contributed by atoms with Gasteiger partial charge in [0, 0.05) is 22.3 Å². The summed E-state index contributed by atoms with van der Waals surface area (Å²) >= 11 is 0. The Morgan fingerprint density at radius 3 is 2.88 bits per heavy atom. The van der Waals surface area contributed by atoms with Gasteiger partial charge in [-0.25, -0.2) is 0 Å². The first-order chi connectivity index (χ1) is 8.21. The van der Waals surface area contributed by atoms with Gasteiger partial charge in [0.05, 0.1) is 12.7 Å². The zero-order valence-electron chi connectivity index (χ0n) is 9.81. The summed E-state index contributed by atoms with van der Waals surface area (Å²) in [6, 6.07) is 7.30. The van der Waals surface area contributed by atoms with E-state index in [4.69, 9.17) is 15.7 Å². The molecule has 1 aromatic rings. The van der Waals surface area contributed by atoms with Crippen molar-refractivity contribution >= 4 is 10.8 Å². The highest BCUT2D eigenvalue weighted by Crippen LogP contribution is 2.20. The normalized spacial score (nSPS) is 11.8. The van der Waals surface area contributed by atoms with E-state index in [-0.39, 0.29) is 0 Å². The maximum atomic E-state index is 11.7. The Morgan fingerprint density at radius 1 is 1.53 bits per heavy atom. The smallest absolute Gasteiger partial charge is 0.136 e. The van der Waals surface area contributed by atoms with Crippen molar-refractivity contribution < 1.29 is 8.95 Å². The third kappa shape index (κ3) is 4.17. The van der Waals surface area contributed by atoms with Crippen LogP contribution in [0.5, 0.6) is 5.75 Å². The Kier molecular flexibility index (Phi) is 5.67. The van der Waals surface area contributed by atoms with Crippen LogP contribution in [-0.2, 0) is 16.6 Å². The van der Waals surface area contributed by atoms with Crippen molar-refractivity contribution in [2.45, 2.75) is 12.2 Å². The van der Waals surface area contributed by atoms with Crippen LogP contribution in [0.15, 0.2) is 18.2 Å². The molecule has 5 heteroatoms. The van der Waals surface area contributed by atoms with Crippen LogP contribution in [0.3, 0.4) is 0 Å². The number of nitrogens with two attached hydrogens (primary N) is 1. The van der Waals surface area contributed by atoms with Gasteiger partial charge in [-0.05, 0) is 30.7 Å². The topological polar surface area (TPSA) is 76.1 Å². The molecule has 0 aromatic heterocycles. The second-order valence-electron chi connectivity index (χ2n) is 3.58. The fourth-order valence-corrected chi connectivity index (χ4v) is 2.60. The molecule has 2 N–H and O–H groups in total. The van der Waals surface area contributed by atoms with E-state index in [0.717, 1.165) is 12.0 Å². The molecule has 92 valence electrons. The molecule has 0 spiro atoms. The van der Waals surface area contributed by atoms with Crippen LogP contribution in [-0.4, -0.2) is 23.6 Å². The Hall–Kier alpha value is -1.38. The Morgan fingerprint density at radius 2 is 2.29 bits per heavy atom. The van der Waals surface area contributed by atoms with Gasteiger partial charge < -0.3 is 10.5 Å². The standard InChI is InChI=1S/C12H16N2O2S/c1-16-12-7-10(3-4-11(12)8-14)9-17(15)6-2-5-13/h3-4,7H,2,5-6,9,13H2,1H3. The maximum Gasteiger partial charge on any atom is 0.136 e. The molecule has 0 aliphatic heterocycles. The molecular formula is C12H16N2O2S. The third-order valence-electron chi connectivity index (χ3n) is 2.29. The van der Waals surface area contributed by atoms with E-state index in [1.165, 1.54) is 7.11 Å². The molecule has 0 aliphatic carbocycles. The van der Waals surface area contributed by atoms with Gasteiger partial charge in [0.15, 0.2) is 0 Å². The highest BCUT2D eigenvalue weighted by Gasteiger charge is 2.06. The fourth-order valence-electron chi connectivity index (χ4n) is 1.42. The van der Waals surface area contributed by atoms with Gasteiger partial charge in [0.25, 0.3) is 0 Å². The second-order valence-corrected chi connectivity index (χ2v) is 5.15. The number of methoxy groups -OCH3 is 1. The van der Waals surface area contributed by atoms with Gasteiger partial charge in [-0.2, -0.15) is 5.26 Å². The lowest BCUT2D eigenvalue weighted by molar-refractivity contribution is 0.413. The minimum atomic E-state index is -0.908. The number of benzene rings is 1. The van der Waals surface area contributed by atoms with Crippen molar-refractivity contribution in [3.63, 3.8) is 0 Å². The first-order valence-corrected chi connectivity index (χ1v) is 6.82. The monoisotopic (exact) mass is 252 g/mol. The molecule has 0 radical (unpaired) electrons. The average Bonchev–Trinajstić information content (AvgIpc) is 2.36. The van der Waals surface area contributed by atoms with Gasteiger partial charge in [-0.3, -0.25) is 4.21 Å². The molecule has 0 heterocycles. The second kappa shape index (κ2) is 7.05. The fraction of sp³-hybridized carbons (Fsp3) is 0.417. The summed E-state index contributed by atoms with van der Waals surface area (Å²) in [5.74, 6) is 1.61. The summed E-state index contributed by atoms with van der Waals surface area (Å²) in [6.07, 6.45) is 0.764. The number of nitriles is 1. The number of rotatable bonds is 6. The molecule has 1 unspecified atom stereocenters. The van der Waals surface area contributed by atoms with Crippen molar-refractivity contribution in [1.82, 2.24) is 0 Å². The van der Waals surface area contributed by atoms with Gasteiger partial charge >= 0.3 is 0 Å². The number of hydrogen-bond donors (Lipinski definition) is 1. The molecule has 0 amide bonds. The van der Waals surface area contributed by atoms with Crippen LogP contribution < -0.4 is 10.5 Å². The molecule has 1 aromatic carbocycles. The van der Waals surface area contributed by atoms with E-state index >= 15 is 0 Å². The largest absolute Gasteiger partial charge is 0.495 e. The Balaban J connectivity index is 2.73. The molecule has 1 rings (SSSR count). The van der Waals surface area contributed by atoms with Crippen molar-refractivity contribution in [2.24, 2.45) is 5.73 Å². The summed E-state index contributed by atoms with van der Waals surface area (Å²) in [4.78, 5) is 0. The highest BCUT2D eigenvalue weighted by atomic mass is 32.2. The van der Waals surface area contributed by atoms with E-state index < -0.39 is 10.8 Å². The zero-order chi connectivity index (χ0) is 12.7. The number of hydrogen-bond acceptors (Lipinski definition) is 4. The lowest BCUT2D eigenvalue weighted by Crippen LogP contribution is -2.07. The van der Waals surface area contributed by atoms with E-state index in [0.29, 0.717) is 29.4 Å². The minimum absolute atomic E-state index is 0.474. The maximum absolute atomic E-state index is 11.7. The lowest BCUT2D eigenvalue weighted by Gasteiger charge is -2.06. The van der Waals surface area contributed by atoms with E-state index in [2.05, 4.69) is 0 Å². The van der Waals surface area contributed by atoms with Crippen LogP contribution >= 0.6 is 0 Å². The first-order valence-electron chi connectivity index (χ1n) is 5.33. The summed E-state index contributed by atoms with van der Waals surface area (Å²) in [5, 5.41) is 8.83. The van der Waals surface area contributed by atoms with Crippen molar-refractivity contribution in [3.8, 4) is 11.8 Å². The molecule has 1 atom stereocenters. The molecule has 0 fully saturated rings. The van der Waals surface area contributed by atoms with Crippen LogP contribution in [0.1, 0.15) is 17.5 Å². The van der Waals surface area contributed by atoms with Crippen molar-refractivity contribution in [1.29, 1.82) is 5.26 Å². The Bertz CT molecular complexity index is 441. The predicted molar refractivity (Wildman–Crippen MR) is 68.1 cm³/mol. The Labute approximate surface area is 104 Å².